The summed E-state index contributed by atoms with van der Waals surface area (Å²) in [4.78, 5) is 27.9. The number of hydrogen-bond donors (Lipinski definition) is 2. The second-order valence-electron chi connectivity index (χ2n) is 6.00. The number of ether oxygens (including phenoxy) is 2. The number of carbonyl (C=O) groups is 2. The summed E-state index contributed by atoms with van der Waals surface area (Å²) in [6.45, 7) is 1.26. The number of hydrogen-bond acceptors (Lipinski definition) is 6. The summed E-state index contributed by atoms with van der Waals surface area (Å²) in [6.07, 6.45) is 3.13. The number of benzene rings is 1. The van der Waals surface area contributed by atoms with Gasteiger partial charge >= 0.3 is 5.97 Å². The van der Waals surface area contributed by atoms with Crippen molar-refractivity contribution in [2.75, 3.05) is 31.0 Å². The van der Waals surface area contributed by atoms with Crippen molar-refractivity contribution < 1.29 is 19.1 Å². The van der Waals surface area contributed by atoms with Gasteiger partial charge < -0.3 is 20.1 Å². The van der Waals surface area contributed by atoms with Crippen LogP contribution in [0.1, 0.15) is 23.2 Å². The minimum Gasteiger partial charge on any atom is -0.465 e. The average Bonchev–Trinajstić information content (AvgIpc) is 2.70. The number of esters is 1. The van der Waals surface area contributed by atoms with Crippen LogP contribution >= 0.6 is 0 Å². The zero-order chi connectivity index (χ0) is 18.4. The van der Waals surface area contributed by atoms with Crippen LogP contribution in [0.25, 0.3) is 0 Å². The predicted molar refractivity (Wildman–Crippen MR) is 97.5 cm³/mol. The molecule has 0 aliphatic carbocycles. The number of pyridine rings is 1. The fraction of sp³-hybridized carbons (Fsp3) is 0.316. The quantitative estimate of drug-likeness (QED) is 0.802. The predicted octanol–water partition coefficient (Wildman–Crippen LogP) is 2.98. The van der Waals surface area contributed by atoms with Gasteiger partial charge in [0, 0.05) is 24.8 Å². The Morgan fingerprint density at radius 1 is 1.08 bits per heavy atom. The lowest BCUT2D eigenvalue weighted by Gasteiger charge is -2.20. The van der Waals surface area contributed by atoms with Crippen molar-refractivity contribution in [3.63, 3.8) is 0 Å². The molecule has 0 radical (unpaired) electrons. The fourth-order valence-electron chi connectivity index (χ4n) is 2.70. The topological polar surface area (TPSA) is 89.6 Å². The molecule has 1 saturated heterocycles. The highest BCUT2D eigenvalue weighted by Crippen LogP contribution is 2.20. The van der Waals surface area contributed by atoms with Gasteiger partial charge in [-0.25, -0.2) is 9.78 Å². The molecule has 2 heterocycles. The lowest BCUT2D eigenvalue weighted by atomic mass is 9.99. The summed E-state index contributed by atoms with van der Waals surface area (Å²) < 4.78 is 9.94. The SMILES string of the molecule is COC(=O)c1ccc(Nc2ccc(NC(=O)C3CCOCC3)nc2)cc1. The molecule has 1 fully saturated rings. The van der Waals surface area contributed by atoms with E-state index < -0.39 is 0 Å². The summed E-state index contributed by atoms with van der Waals surface area (Å²) in [5, 5.41) is 6.03. The Labute approximate surface area is 151 Å². The van der Waals surface area contributed by atoms with Crippen molar-refractivity contribution in [2.45, 2.75) is 12.8 Å². The average molecular weight is 355 g/mol. The number of amides is 1. The molecule has 1 aliphatic heterocycles. The second-order valence-corrected chi connectivity index (χ2v) is 6.00. The van der Waals surface area contributed by atoms with Crippen molar-refractivity contribution in [3.8, 4) is 0 Å². The first-order chi connectivity index (χ1) is 12.7. The highest BCUT2D eigenvalue weighted by molar-refractivity contribution is 5.92. The van der Waals surface area contributed by atoms with Gasteiger partial charge in [0.1, 0.15) is 5.82 Å². The highest BCUT2D eigenvalue weighted by Gasteiger charge is 2.21. The summed E-state index contributed by atoms with van der Waals surface area (Å²) in [5.74, 6) is 0.118. The molecule has 0 bridgehead atoms. The third kappa shape index (κ3) is 4.58. The molecule has 1 aromatic heterocycles. The van der Waals surface area contributed by atoms with E-state index in [4.69, 9.17) is 4.74 Å². The maximum Gasteiger partial charge on any atom is 0.337 e. The first-order valence-electron chi connectivity index (χ1n) is 8.46. The van der Waals surface area contributed by atoms with Gasteiger partial charge in [-0.3, -0.25) is 4.79 Å². The summed E-state index contributed by atoms with van der Waals surface area (Å²) in [5.41, 5.74) is 2.08. The van der Waals surface area contributed by atoms with Crippen LogP contribution < -0.4 is 10.6 Å². The number of nitrogens with zero attached hydrogens (tertiary/aromatic N) is 1. The van der Waals surface area contributed by atoms with Gasteiger partial charge in [-0.15, -0.1) is 0 Å². The van der Waals surface area contributed by atoms with Crippen LogP contribution in [-0.2, 0) is 14.3 Å². The fourth-order valence-corrected chi connectivity index (χ4v) is 2.70. The summed E-state index contributed by atoms with van der Waals surface area (Å²) in [6, 6.07) is 10.5. The maximum atomic E-state index is 12.2. The molecule has 3 rings (SSSR count). The number of aromatic nitrogens is 1. The molecule has 1 aliphatic rings. The Hall–Kier alpha value is -2.93. The van der Waals surface area contributed by atoms with E-state index in [0.29, 0.717) is 24.6 Å². The number of carbonyl (C=O) groups excluding carboxylic acids is 2. The number of rotatable bonds is 5. The molecular formula is C19H21N3O4. The van der Waals surface area contributed by atoms with Gasteiger partial charge in [0.05, 0.1) is 24.6 Å². The van der Waals surface area contributed by atoms with Gasteiger partial charge in [0.2, 0.25) is 5.91 Å². The third-order valence-electron chi connectivity index (χ3n) is 4.20. The Morgan fingerprint density at radius 2 is 1.77 bits per heavy atom. The normalized spacial score (nSPS) is 14.5. The van der Waals surface area contributed by atoms with E-state index in [0.717, 1.165) is 24.2 Å². The zero-order valence-corrected chi connectivity index (χ0v) is 14.5. The molecule has 2 N–H and O–H groups in total. The van der Waals surface area contributed by atoms with E-state index in [1.807, 2.05) is 6.07 Å². The van der Waals surface area contributed by atoms with Crippen LogP contribution in [0.4, 0.5) is 17.2 Å². The smallest absolute Gasteiger partial charge is 0.337 e. The van der Waals surface area contributed by atoms with Gasteiger partial charge in [-0.05, 0) is 49.2 Å². The van der Waals surface area contributed by atoms with Crippen molar-refractivity contribution in [2.24, 2.45) is 5.92 Å². The Kier molecular flexibility index (Phi) is 5.80. The van der Waals surface area contributed by atoms with E-state index in [9.17, 15) is 9.59 Å². The number of nitrogens with one attached hydrogen (secondary N) is 2. The zero-order valence-electron chi connectivity index (χ0n) is 14.5. The van der Waals surface area contributed by atoms with Crippen molar-refractivity contribution in [1.29, 1.82) is 0 Å². The molecule has 7 nitrogen and oxygen atoms in total. The monoisotopic (exact) mass is 355 g/mol. The standard InChI is InChI=1S/C19H21N3O4/c1-25-19(24)14-2-4-15(5-3-14)21-16-6-7-17(20-12-16)22-18(23)13-8-10-26-11-9-13/h2-7,12-13,21H,8-11H2,1H3,(H,20,22,23). The molecular weight excluding hydrogens is 334 g/mol. The molecule has 7 heteroatoms. The molecule has 26 heavy (non-hydrogen) atoms. The molecule has 0 spiro atoms. The Morgan fingerprint density at radius 3 is 2.38 bits per heavy atom. The lowest BCUT2D eigenvalue weighted by Crippen LogP contribution is -2.28. The van der Waals surface area contributed by atoms with E-state index in [-0.39, 0.29) is 17.8 Å². The van der Waals surface area contributed by atoms with E-state index in [2.05, 4.69) is 20.4 Å². The molecule has 0 saturated carbocycles. The van der Waals surface area contributed by atoms with Crippen LogP contribution in [0.5, 0.6) is 0 Å². The van der Waals surface area contributed by atoms with Crippen molar-refractivity contribution in [3.05, 3.63) is 48.2 Å². The number of anilines is 3. The van der Waals surface area contributed by atoms with Crippen LogP contribution in [0, 0.1) is 5.92 Å². The molecule has 1 amide bonds. The van der Waals surface area contributed by atoms with Crippen molar-refractivity contribution in [1.82, 2.24) is 4.98 Å². The maximum absolute atomic E-state index is 12.2. The minimum absolute atomic E-state index is 0.0140. The Bertz CT molecular complexity index is 753. The summed E-state index contributed by atoms with van der Waals surface area (Å²) in [7, 11) is 1.35. The molecule has 2 aromatic rings. The minimum atomic E-state index is -0.372. The number of methoxy groups -OCH3 is 1. The molecule has 0 atom stereocenters. The summed E-state index contributed by atoms with van der Waals surface area (Å²) >= 11 is 0. The van der Waals surface area contributed by atoms with Gasteiger partial charge in [-0.1, -0.05) is 0 Å². The van der Waals surface area contributed by atoms with Crippen molar-refractivity contribution >= 4 is 29.1 Å². The van der Waals surface area contributed by atoms with Crippen LogP contribution in [0.2, 0.25) is 0 Å². The molecule has 0 unspecified atom stereocenters. The van der Waals surface area contributed by atoms with Gasteiger partial charge in [0.15, 0.2) is 0 Å². The van der Waals surface area contributed by atoms with E-state index >= 15 is 0 Å². The van der Waals surface area contributed by atoms with Crippen LogP contribution in [-0.4, -0.2) is 37.2 Å². The van der Waals surface area contributed by atoms with E-state index in [1.54, 1.807) is 36.5 Å². The largest absolute Gasteiger partial charge is 0.465 e. The third-order valence-corrected chi connectivity index (χ3v) is 4.20. The van der Waals surface area contributed by atoms with Crippen LogP contribution in [0.3, 0.4) is 0 Å². The van der Waals surface area contributed by atoms with Gasteiger partial charge in [-0.2, -0.15) is 0 Å². The van der Waals surface area contributed by atoms with Gasteiger partial charge in [0.25, 0.3) is 0 Å². The molecule has 1 aromatic carbocycles. The highest BCUT2D eigenvalue weighted by atomic mass is 16.5. The second kappa shape index (κ2) is 8.44. The first-order valence-corrected chi connectivity index (χ1v) is 8.46. The lowest BCUT2D eigenvalue weighted by molar-refractivity contribution is -0.122. The first kappa shape index (κ1) is 17.9. The molecule has 136 valence electrons. The van der Waals surface area contributed by atoms with Crippen LogP contribution in [0.15, 0.2) is 42.6 Å². The van der Waals surface area contributed by atoms with E-state index in [1.165, 1.54) is 7.11 Å². The Balaban J connectivity index is 1.57.